The Kier molecular flexibility index (Phi) is 6.77. The van der Waals surface area contributed by atoms with Gasteiger partial charge in [-0.25, -0.2) is 4.39 Å². The second-order valence-corrected chi connectivity index (χ2v) is 7.81. The second kappa shape index (κ2) is 9.88. The van der Waals surface area contributed by atoms with Gasteiger partial charge in [-0.2, -0.15) is 0 Å². The minimum absolute atomic E-state index is 0.0193. The van der Waals surface area contributed by atoms with E-state index in [1.54, 1.807) is 19.2 Å². The van der Waals surface area contributed by atoms with E-state index in [4.69, 9.17) is 9.47 Å². The van der Waals surface area contributed by atoms with Gasteiger partial charge in [0.15, 0.2) is 0 Å². The Morgan fingerprint density at radius 2 is 1.83 bits per heavy atom. The first-order valence-corrected chi connectivity index (χ1v) is 10.5. The van der Waals surface area contributed by atoms with Gasteiger partial charge in [0.05, 0.1) is 19.8 Å². The van der Waals surface area contributed by atoms with Crippen LogP contribution in [0.15, 0.2) is 78.9 Å². The van der Waals surface area contributed by atoms with Crippen molar-refractivity contribution in [1.29, 1.82) is 0 Å². The zero-order valence-electron chi connectivity index (χ0n) is 17.3. The summed E-state index contributed by atoms with van der Waals surface area (Å²) in [5.41, 5.74) is 3.37. The first-order chi connectivity index (χ1) is 14.7. The maximum atomic E-state index is 14.1. The summed E-state index contributed by atoms with van der Waals surface area (Å²) in [5, 5.41) is 0. The number of hydrogen-bond acceptors (Lipinski definition) is 3. The molecule has 0 aromatic heterocycles. The quantitative estimate of drug-likeness (QED) is 0.548. The number of rotatable bonds is 7. The lowest BCUT2D eigenvalue weighted by atomic mass is 9.86. The molecule has 1 unspecified atom stereocenters. The number of hydrogen-bond donors (Lipinski definition) is 0. The number of benzene rings is 3. The molecule has 0 saturated carbocycles. The molecule has 1 aliphatic heterocycles. The van der Waals surface area contributed by atoms with Crippen molar-refractivity contribution < 1.29 is 13.9 Å². The average Bonchev–Trinajstić information content (AvgIpc) is 2.78. The molecule has 4 heteroatoms. The lowest BCUT2D eigenvalue weighted by Crippen LogP contribution is -2.45. The van der Waals surface area contributed by atoms with Gasteiger partial charge >= 0.3 is 0 Å². The molecular formula is C26H28FNO2. The SMILES string of the molecule is COc1ccccc1C[C@@H](c1cccc(F)c1)C1CN(Cc2ccccc2)CCO1. The van der Waals surface area contributed by atoms with Gasteiger partial charge in [-0.3, -0.25) is 4.90 Å². The summed E-state index contributed by atoms with van der Waals surface area (Å²) < 4.78 is 25.9. The van der Waals surface area contributed by atoms with Crippen LogP contribution < -0.4 is 4.74 Å². The number of halogens is 1. The molecule has 1 saturated heterocycles. The smallest absolute Gasteiger partial charge is 0.123 e. The van der Waals surface area contributed by atoms with E-state index >= 15 is 0 Å². The lowest BCUT2D eigenvalue weighted by Gasteiger charge is -2.37. The first-order valence-electron chi connectivity index (χ1n) is 10.5. The molecule has 0 bridgehead atoms. The van der Waals surface area contributed by atoms with Crippen LogP contribution in [0.2, 0.25) is 0 Å². The molecule has 0 spiro atoms. The van der Waals surface area contributed by atoms with Crippen molar-refractivity contribution in [3.05, 3.63) is 101 Å². The number of methoxy groups -OCH3 is 1. The van der Waals surface area contributed by atoms with E-state index in [1.165, 1.54) is 11.6 Å². The zero-order valence-corrected chi connectivity index (χ0v) is 17.3. The summed E-state index contributed by atoms with van der Waals surface area (Å²) in [6.45, 7) is 3.28. The van der Waals surface area contributed by atoms with Crippen LogP contribution in [0.1, 0.15) is 22.6 Å². The molecule has 156 valence electrons. The molecule has 2 atom stereocenters. The van der Waals surface area contributed by atoms with Crippen molar-refractivity contribution in [3.63, 3.8) is 0 Å². The van der Waals surface area contributed by atoms with E-state index in [0.717, 1.165) is 42.9 Å². The topological polar surface area (TPSA) is 21.7 Å². The van der Waals surface area contributed by atoms with Gasteiger partial charge < -0.3 is 9.47 Å². The van der Waals surface area contributed by atoms with Gasteiger partial charge in [0.2, 0.25) is 0 Å². The molecular weight excluding hydrogens is 377 g/mol. The Morgan fingerprint density at radius 3 is 2.63 bits per heavy atom. The minimum atomic E-state index is -0.213. The second-order valence-electron chi connectivity index (χ2n) is 7.81. The van der Waals surface area contributed by atoms with E-state index in [0.29, 0.717) is 6.61 Å². The summed E-state index contributed by atoms with van der Waals surface area (Å²) in [6, 6.07) is 25.5. The largest absolute Gasteiger partial charge is 0.496 e. The highest BCUT2D eigenvalue weighted by atomic mass is 19.1. The van der Waals surface area contributed by atoms with Gasteiger partial charge in [-0.1, -0.05) is 60.7 Å². The summed E-state index contributed by atoms with van der Waals surface area (Å²) in [4.78, 5) is 2.43. The monoisotopic (exact) mass is 405 g/mol. The van der Waals surface area contributed by atoms with Crippen LogP contribution in [-0.4, -0.2) is 37.8 Å². The number of ether oxygens (including phenoxy) is 2. The van der Waals surface area contributed by atoms with Crippen LogP contribution in [0, 0.1) is 5.82 Å². The Bertz CT molecular complexity index is 947. The molecule has 3 aromatic carbocycles. The molecule has 0 radical (unpaired) electrons. The Labute approximate surface area is 178 Å². The van der Waals surface area contributed by atoms with E-state index < -0.39 is 0 Å². The molecule has 1 fully saturated rings. The lowest BCUT2D eigenvalue weighted by molar-refractivity contribution is -0.0445. The first kappa shape index (κ1) is 20.6. The summed E-state index contributed by atoms with van der Waals surface area (Å²) >= 11 is 0. The Morgan fingerprint density at radius 1 is 1.03 bits per heavy atom. The van der Waals surface area contributed by atoms with E-state index in [1.807, 2.05) is 30.3 Å². The molecule has 4 rings (SSSR count). The highest BCUT2D eigenvalue weighted by Gasteiger charge is 2.30. The van der Waals surface area contributed by atoms with Crippen molar-refractivity contribution in [2.45, 2.75) is 25.0 Å². The number of nitrogens with zero attached hydrogens (tertiary/aromatic N) is 1. The standard InChI is InChI=1S/C26H28FNO2/c1-29-25-13-6-5-10-22(25)17-24(21-11-7-12-23(27)16-21)26-19-28(14-15-30-26)18-20-8-3-2-4-9-20/h2-13,16,24,26H,14-15,17-19H2,1H3/t24-,26?/m0/s1. The summed E-state index contributed by atoms with van der Waals surface area (Å²) in [5.74, 6) is 0.681. The maximum Gasteiger partial charge on any atom is 0.123 e. The average molecular weight is 406 g/mol. The summed E-state index contributed by atoms with van der Waals surface area (Å²) in [6.07, 6.45) is 0.714. The highest BCUT2D eigenvalue weighted by Crippen LogP contribution is 2.32. The summed E-state index contributed by atoms with van der Waals surface area (Å²) in [7, 11) is 1.69. The van der Waals surface area contributed by atoms with Crippen LogP contribution in [0.25, 0.3) is 0 Å². The van der Waals surface area contributed by atoms with Crippen molar-refractivity contribution >= 4 is 0 Å². The predicted octanol–water partition coefficient (Wildman–Crippen LogP) is 5.06. The van der Waals surface area contributed by atoms with Gasteiger partial charge in [0, 0.05) is 25.6 Å². The maximum absolute atomic E-state index is 14.1. The molecule has 3 nitrogen and oxygen atoms in total. The van der Waals surface area contributed by atoms with Crippen molar-refractivity contribution in [2.75, 3.05) is 26.8 Å². The van der Waals surface area contributed by atoms with Crippen LogP contribution in [0.3, 0.4) is 0 Å². The fourth-order valence-electron chi connectivity index (χ4n) is 4.27. The van der Waals surface area contributed by atoms with E-state index in [-0.39, 0.29) is 17.8 Å². The molecule has 3 aromatic rings. The van der Waals surface area contributed by atoms with Crippen LogP contribution in [0.4, 0.5) is 4.39 Å². The van der Waals surface area contributed by atoms with Crippen molar-refractivity contribution in [1.82, 2.24) is 4.90 Å². The molecule has 1 aliphatic rings. The van der Waals surface area contributed by atoms with Gasteiger partial charge in [-0.05, 0) is 41.3 Å². The number of morpholine rings is 1. The highest BCUT2D eigenvalue weighted by molar-refractivity contribution is 5.36. The van der Waals surface area contributed by atoms with Gasteiger partial charge in [-0.15, -0.1) is 0 Å². The van der Waals surface area contributed by atoms with E-state index in [2.05, 4.69) is 35.2 Å². The number of para-hydroxylation sites is 1. The van der Waals surface area contributed by atoms with Crippen LogP contribution >= 0.6 is 0 Å². The van der Waals surface area contributed by atoms with Crippen molar-refractivity contribution in [3.8, 4) is 5.75 Å². The zero-order chi connectivity index (χ0) is 20.8. The molecule has 0 N–H and O–H groups in total. The normalized spacial score (nSPS) is 18.1. The van der Waals surface area contributed by atoms with Gasteiger partial charge in [0.25, 0.3) is 0 Å². The Hall–Kier alpha value is -2.69. The van der Waals surface area contributed by atoms with Crippen LogP contribution in [0.5, 0.6) is 5.75 Å². The third-order valence-electron chi connectivity index (χ3n) is 5.78. The van der Waals surface area contributed by atoms with Crippen LogP contribution in [-0.2, 0) is 17.7 Å². The fourth-order valence-corrected chi connectivity index (χ4v) is 4.27. The third kappa shape index (κ3) is 5.07. The van der Waals surface area contributed by atoms with Gasteiger partial charge in [0.1, 0.15) is 11.6 Å². The Balaban J connectivity index is 1.58. The van der Waals surface area contributed by atoms with E-state index in [9.17, 15) is 4.39 Å². The minimum Gasteiger partial charge on any atom is -0.496 e. The molecule has 30 heavy (non-hydrogen) atoms. The third-order valence-corrected chi connectivity index (χ3v) is 5.78. The molecule has 0 aliphatic carbocycles. The predicted molar refractivity (Wildman–Crippen MR) is 117 cm³/mol. The molecule has 0 amide bonds. The molecule has 1 heterocycles. The van der Waals surface area contributed by atoms with Crippen molar-refractivity contribution in [2.24, 2.45) is 0 Å². The fraction of sp³-hybridized carbons (Fsp3) is 0.308.